The van der Waals surface area contributed by atoms with Crippen molar-refractivity contribution in [1.29, 1.82) is 0 Å². The fourth-order valence-electron chi connectivity index (χ4n) is 2.89. The van der Waals surface area contributed by atoms with E-state index in [1.54, 1.807) is 30.5 Å². The topological polar surface area (TPSA) is 86.9 Å². The van der Waals surface area contributed by atoms with Gasteiger partial charge in [-0.1, -0.05) is 37.6 Å². The summed E-state index contributed by atoms with van der Waals surface area (Å²) < 4.78 is 0. The van der Waals surface area contributed by atoms with Crippen LogP contribution in [0, 0.1) is 0 Å². The molecule has 0 radical (unpaired) electrons. The molecule has 0 unspecified atom stereocenters. The number of H-pyrrole nitrogens is 1. The lowest BCUT2D eigenvalue weighted by Crippen LogP contribution is -2.15. The Morgan fingerprint density at radius 2 is 1.96 bits per heavy atom. The minimum absolute atomic E-state index is 0.0975. The van der Waals surface area contributed by atoms with Gasteiger partial charge in [0.15, 0.2) is 0 Å². The molecule has 0 fully saturated rings. The normalized spacial score (nSPS) is 10.8. The number of halogens is 1. The van der Waals surface area contributed by atoms with Crippen LogP contribution in [0.3, 0.4) is 0 Å². The summed E-state index contributed by atoms with van der Waals surface area (Å²) in [5.41, 5.74) is 3.37. The van der Waals surface area contributed by atoms with Crippen LogP contribution in [0.5, 0.6) is 0 Å². The predicted molar refractivity (Wildman–Crippen MR) is 113 cm³/mol. The molecule has 0 aliphatic rings. The van der Waals surface area contributed by atoms with Crippen LogP contribution in [0.2, 0.25) is 5.02 Å². The van der Waals surface area contributed by atoms with Crippen molar-refractivity contribution in [3.8, 4) is 11.1 Å². The summed E-state index contributed by atoms with van der Waals surface area (Å²) in [7, 11) is 0. The van der Waals surface area contributed by atoms with Gasteiger partial charge in [-0.2, -0.15) is 0 Å². The van der Waals surface area contributed by atoms with Crippen molar-refractivity contribution in [2.75, 3.05) is 10.6 Å². The summed E-state index contributed by atoms with van der Waals surface area (Å²) in [4.78, 5) is 31.0. The SMILES string of the molecule is CC(=O)Nc1cc(Nc2cc(-c3cccc(Cl)c3)c(=O)[nH]c2C(C)C)ccn1. The van der Waals surface area contributed by atoms with Crippen LogP contribution in [0.25, 0.3) is 11.1 Å². The molecule has 144 valence electrons. The molecule has 3 rings (SSSR count). The molecule has 1 aromatic carbocycles. The Labute approximate surface area is 168 Å². The maximum Gasteiger partial charge on any atom is 0.256 e. The van der Waals surface area contributed by atoms with Crippen molar-refractivity contribution in [1.82, 2.24) is 9.97 Å². The zero-order valence-electron chi connectivity index (χ0n) is 15.8. The number of benzene rings is 1. The molecule has 3 N–H and O–H groups in total. The number of rotatable bonds is 5. The van der Waals surface area contributed by atoms with Crippen LogP contribution in [0.1, 0.15) is 32.4 Å². The Kier molecular flexibility index (Phi) is 5.80. The van der Waals surface area contributed by atoms with E-state index in [0.29, 0.717) is 16.4 Å². The van der Waals surface area contributed by atoms with E-state index in [1.165, 1.54) is 6.92 Å². The molecule has 0 aliphatic carbocycles. The number of hydrogen-bond acceptors (Lipinski definition) is 4. The van der Waals surface area contributed by atoms with Gasteiger partial charge in [-0.15, -0.1) is 0 Å². The molecule has 1 amide bonds. The van der Waals surface area contributed by atoms with Gasteiger partial charge in [0.1, 0.15) is 5.82 Å². The van der Waals surface area contributed by atoms with Gasteiger partial charge in [0.05, 0.1) is 5.69 Å². The zero-order chi connectivity index (χ0) is 20.3. The highest BCUT2D eigenvalue weighted by molar-refractivity contribution is 6.30. The monoisotopic (exact) mass is 396 g/mol. The summed E-state index contributed by atoms with van der Waals surface area (Å²) in [5.74, 6) is 0.350. The van der Waals surface area contributed by atoms with Crippen molar-refractivity contribution < 1.29 is 4.79 Å². The first-order chi connectivity index (χ1) is 13.3. The maximum atomic E-state index is 12.7. The van der Waals surface area contributed by atoms with Gasteiger partial charge in [0.2, 0.25) is 5.91 Å². The lowest BCUT2D eigenvalue weighted by atomic mass is 10.0. The first-order valence-corrected chi connectivity index (χ1v) is 9.25. The van der Waals surface area contributed by atoms with Gasteiger partial charge < -0.3 is 15.6 Å². The average Bonchev–Trinajstić information content (AvgIpc) is 2.62. The molecule has 0 saturated carbocycles. The fourth-order valence-corrected chi connectivity index (χ4v) is 3.08. The van der Waals surface area contributed by atoms with Gasteiger partial charge >= 0.3 is 0 Å². The largest absolute Gasteiger partial charge is 0.354 e. The second kappa shape index (κ2) is 8.27. The molecule has 3 aromatic rings. The van der Waals surface area contributed by atoms with Gasteiger partial charge in [0.25, 0.3) is 5.56 Å². The average molecular weight is 397 g/mol. The van der Waals surface area contributed by atoms with Gasteiger partial charge in [0, 0.05) is 41.2 Å². The second-order valence-corrected chi connectivity index (χ2v) is 7.18. The van der Waals surface area contributed by atoms with E-state index < -0.39 is 0 Å². The Bertz CT molecular complexity index is 1080. The third kappa shape index (κ3) is 4.58. The number of carbonyl (C=O) groups excluding carboxylic acids is 1. The molecule has 2 aromatic heterocycles. The number of carbonyl (C=O) groups is 1. The number of amides is 1. The van der Waals surface area contributed by atoms with Crippen molar-refractivity contribution in [2.24, 2.45) is 0 Å². The van der Waals surface area contributed by atoms with Gasteiger partial charge in [-0.3, -0.25) is 9.59 Å². The Morgan fingerprint density at radius 3 is 2.64 bits per heavy atom. The van der Waals surface area contributed by atoms with E-state index in [9.17, 15) is 9.59 Å². The number of nitrogens with one attached hydrogen (secondary N) is 3. The molecule has 0 atom stereocenters. The maximum absolute atomic E-state index is 12.7. The minimum Gasteiger partial charge on any atom is -0.354 e. The number of anilines is 3. The molecule has 0 spiro atoms. The van der Waals surface area contributed by atoms with E-state index in [1.807, 2.05) is 32.0 Å². The summed E-state index contributed by atoms with van der Waals surface area (Å²) in [6.07, 6.45) is 1.60. The third-order valence-electron chi connectivity index (χ3n) is 4.13. The van der Waals surface area contributed by atoms with E-state index in [2.05, 4.69) is 20.6 Å². The number of aromatic nitrogens is 2. The van der Waals surface area contributed by atoms with Crippen molar-refractivity contribution in [3.05, 3.63) is 69.7 Å². The Hall–Kier alpha value is -3.12. The van der Waals surface area contributed by atoms with Crippen LogP contribution in [-0.2, 0) is 4.79 Å². The number of pyridine rings is 2. The predicted octanol–water partition coefficient (Wildman–Crippen LogP) is 4.92. The molecule has 0 aliphatic heterocycles. The number of hydrogen-bond donors (Lipinski definition) is 3. The second-order valence-electron chi connectivity index (χ2n) is 6.74. The number of nitrogens with zero attached hydrogens (tertiary/aromatic N) is 1. The van der Waals surface area contributed by atoms with E-state index >= 15 is 0 Å². The summed E-state index contributed by atoms with van der Waals surface area (Å²) in [6, 6.07) is 12.5. The molecular formula is C21H21ClN4O2. The number of aromatic amines is 1. The van der Waals surface area contributed by atoms with Crippen LogP contribution >= 0.6 is 11.6 Å². The molecule has 0 saturated heterocycles. The summed E-state index contributed by atoms with van der Waals surface area (Å²) in [6.45, 7) is 5.44. The van der Waals surface area contributed by atoms with Crippen LogP contribution in [0.4, 0.5) is 17.2 Å². The summed E-state index contributed by atoms with van der Waals surface area (Å²) >= 11 is 6.09. The fraction of sp³-hybridized carbons (Fsp3) is 0.190. The Balaban J connectivity index is 2.05. The molecule has 7 heteroatoms. The van der Waals surface area contributed by atoms with E-state index in [4.69, 9.17) is 11.6 Å². The van der Waals surface area contributed by atoms with Gasteiger partial charge in [-0.05, 0) is 35.7 Å². The zero-order valence-corrected chi connectivity index (χ0v) is 16.6. The van der Waals surface area contributed by atoms with Crippen LogP contribution in [-0.4, -0.2) is 15.9 Å². The highest BCUT2D eigenvalue weighted by Crippen LogP contribution is 2.29. The smallest absolute Gasteiger partial charge is 0.256 e. The minimum atomic E-state index is -0.195. The quantitative estimate of drug-likeness (QED) is 0.571. The lowest BCUT2D eigenvalue weighted by Gasteiger charge is -2.16. The lowest BCUT2D eigenvalue weighted by molar-refractivity contribution is -0.114. The standard InChI is InChI=1S/C21H21ClN4O2/c1-12(2)20-18(25-16-7-8-23-19(10-16)24-13(3)27)11-17(21(28)26-20)14-5-4-6-15(22)9-14/h4-12H,1-3H3,(H,26,28)(H2,23,24,25,27). The van der Waals surface area contributed by atoms with E-state index in [0.717, 1.165) is 22.6 Å². The molecule has 28 heavy (non-hydrogen) atoms. The van der Waals surface area contributed by atoms with Crippen LogP contribution in [0.15, 0.2) is 53.5 Å². The highest BCUT2D eigenvalue weighted by atomic mass is 35.5. The molecule has 0 bridgehead atoms. The van der Waals surface area contributed by atoms with Crippen LogP contribution < -0.4 is 16.2 Å². The van der Waals surface area contributed by atoms with E-state index in [-0.39, 0.29) is 17.4 Å². The third-order valence-corrected chi connectivity index (χ3v) is 4.36. The Morgan fingerprint density at radius 1 is 1.18 bits per heavy atom. The van der Waals surface area contributed by atoms with Crippen molar-refractivity contribution in [2.45, 2.75) is 26.7 Å². The van der Waals surface area contributed by atoms with Crippen molar-refractivity contribution in [3.63, 3.8) is 0 Å². The van der Waals surface area contributed by atoms with Crippen molar-refractivity contribution >= 4 is 34.7 Å². The summed E-state index contributed by atoms with van der Waals surface area (Å²) in [5, 5.41) is 6.55. The van der Waals surface area contributed by atoms with Gasteiger partial charge in [-0.25, -0.2) is 4.98 Å². The molecule has 6 nitrogen and oxygen atoms in total. The first-order valence-electron chi connectivity index (χ1n) is 8.87. The highest BCUT2D eigenvalue weighted by Gasteiger charge is 2.14. The first kappa shape index (κ1) is 19.6. The molecule has 2 heterocycles. The molecular weight excluding hydrogens is 376 g/mol.